The summed E-state index contributed by atoms with van der Waals surface area (Å²) >= 11 is 0. The monoisotopic (exact) mass is 345 g/mol. The highest BCUT2D eigenvalue weighted by molar-refractivity contribution is 6.21. The SMILES string of the molecule is CCc1cccc2c1N=C/C2=C\c1[nH]c(=O)n(Cc2ccccc2)c1O. The zero-order valence-electron chi connectivity index (χ0n) is 14.4. The van der Waals surface area contributed by atoms with E-state index in [0.29, 0.717) is 12.2 Å². The number of aromatic nitrogens is 2. The molecule has 1 aliphatic rings. The van der Waals surface area contributed by atoms with Gasteiger partial charge < -0.3 is 10.1 Å². The molecule has 5 heteroatoms. The van der Waals surface area contributed by atoms with Crippen molar-refractivity contribution >= 4 is 23.6 Å². The lowest BCUT2D eigenvalue weighted by atomic mass is 10.0. The number of hydrogen-bond acceptors (Lipinski definition) is 3. The van der Waals surface area contributed by atoms with Gasteiger partial charge in [-0.1, -0.05) is 55.5 Å². The van der Waals surface area contributed by atoms with Crippen LogP contribution in [0.15, 0.2) is 58.3 Å². The first-order valence-electron chi connectivity index (χ1n) is 8.61. The molecule has 0 radical (unpaired) electrons. The van der Waals surface area contributed by atoms with Gasteiger partial charge in [-0.2, -0.15) is 0 Å². The second kappa shape index (κ2) is 6.52. The summed E-state index contributed by atoms with van der Waals surface area (Å²) in [7, 11) is 0. The molecule has 0 bridgehead atoms. The van der Waals surface area contributed by atoms with Gasteiger partial charge in [0.05, 0.1) is 12.2 Å². The third-order valence-electron chi connectivity index (χ3n) is 4.61. The molecule has 4 rings (SSSR count). The van der Waals surface area contributed by atoms with E-state index in [2.05, 4.69) is 23.0 Å². The van der Waals surface area contributed by atoms with Crippen molar-refractivity contribution in [1.29, 1.82) is 0 Å². The van der Waals surface area contributed by atoms with E-state index in [9.17, 15) is 9.90 Å². The number of H-pyrrole nitrogens is 1. The molecule has 2 N–H and O–H groups in total. The number of benzene rings is 2. The maximum Gasteiger partial charge on any atom is 0.329 e. The van der Waals surface area contributed by atoms with Crippen molar-refractivity contribution < 1.29 is 5.11 Å². The normalized spacial score (nSPS) is 14.1. The number of aromatic amines is 1. The smallest absolute Gasteiger partial charge is 0.329 e. The fraction of sp³-hybridized carbons (Fsp3) is 0.143. The predicted octanol–water partition coefficient (Wildman–Crippen LogP) is 3.75. The molecule has 0 saturated heterocycles. The van der Waals surface area contributed by atoms with E-state index in [1.807, 2.05) is 42.5 Å². The van der Waals surface area contributed by atoms with Crippen molar-refractivity contribution in [1.82, 2.24) is 9.55 Å². The Balaban J connectivity index is 1.72. The van der Waals surface area contributed by atoms with Crippen LogP contribution < -0.4 is 5.69 Å². The Kier molecular flexibility index (Phi) is 4.05. The van der Waals surface area contributed by atoms with E-state index in [1.54, 1.807) is 12.3 Å². The summed E-state index contributed by atoms with van der Waals surface area (Å²) < 4.78 is 1.33. The lowest BCUT2D eigenvalue weighted by Gasteiger charge is -2.05. The van der Waals surface area contributed by atoms with Gasteiger partial charge in [0.25, 0.3) is 0 Å². The standard InChI is InChI=1S/C21H19N3O2/c1-2-15-9-6-10-17-16(12-22-19(15)17)11-18-20(25)24(21(26)23-18)13-14-7-4-3-5-8-14/h3-12,25H,2,13H2,1H3,(H,23,26)/b16-11+. The molecular formula is C21H19N3O2. The van der Waals surface area contributed by atoms with Crippen LogP contribution in [0.3, 0.4) is 0 Å². The van der Waals surface area contributed by atoms with E-state index in [4.69, 9.17) is 0 Å². The van der Waals surface area contributed by atoms with Crippen LogP contribution in [0, 0.1) is 0 Å². The number of nitrogens with one attached hydrogen (secondary N) is 1. The van der Waals surface area contributed by atoms with Crippen LogP contribution in [0.1, 0.15) is 29.3 Å². The summed E-state index contributed by atoms with van der Waals surface area (Å²) in [5, 5.41) is 10.5. The molecule has 0 unspecified atom stereocenters. The van der Waals surface area contributed by atoms with Crippen molar-refractivity contribution in [2.24, 2.45) is 4.99 Å². The Labute approximate surface area is 151 Å². The lowest BCUT2D eigenvalue weighted by Crippen LogP contribution is -2.17. The van der Waals surface area contributed by atoms with Gasteiger partial charge in [0, 0.05) is 17.4 Å². The number of aliphatic imine (C=N–C) groups is 1. The number of para-hydroxylation sites is 1. The van der Waals surface area contributed by atoms with Crippen molar-refractivity contribution in [2.45, 2.75) is 19.9 Å². The maximum absolute atomic E-state index is 12.3. The third-order valence-corrected chi connectivity index (χ3v) is 4.61. The molecule has 130 valence electrons. The van der Waals surface area contributed by atoms with Gasteiger partial charge in [-0.25, -0.2) is 4.79 Å². The largest absolute Gasteiger partial charge is 0.493 e. The number of aryl methyl sites for hydroxylation is 1. The molecular weight excluding hydrogens is 326 g/mol. The van der Waals surface area contributed by atoms with Gasteiger partial charge in [-0.3, -0.25) is 9.56 Å². The first-order valence-corrected chi connectivity index (χ1v) is 8.61. The van der Waals surface area contributed by atoms with Crippen LogP contribution in [0.25, 0.3) is 11.6 Å². The lowest BCUT2D eigenvalue weighted by molar-refractivity contribution is 0.420. The first-order chi connectivity index (χ1) is 12.7. The fourth-order valence-electron chi connectivity index (χ4n) is 3.23. The number of fused-ring (bicyclic) bond motifs is 1. The Morgan fingerprint density at radius 2 is 1.96 bits per heavy atom. The Morgan fingerprint density at radius 1 is 1.15 bits per heavy atom. The molecule has 2 aromatic carbocycles. The number of hydrogen-bond donors (Lipinski definition) is 2. The fourth-order valence-corrected chi connectivity index (χ4v) is 3.23. The number of nitrogens with zero attached hydrogens (tertiary/aromatic N) is 2. The van der Waals surface area contributed by atoms with Gasteiger partial charge in [0.2, 0.25) is 5.88 Å². The first kappa shape index (κ1) is 16.1. The van der Waals surface area contributed by atoms with Gasteiger partial charge in [0.1, 0.15) is 5.69 Å². The van der Waals surface area contributed by atoms with E-state index >= 15 is 0 Å². The molecule has 0 fully saturated rings. The Hall–Kier alpha value is -3.34. The van der Waals surface area contributed by atoms with Crippen molar-refractivity contribution in [3.8, 4) is 5.88 Å². The minimum atomic E-state index is -0.337. The van der Waals surface area contributed by atoms with Crippen LogP contribution in [0.4, 0.5) is 5.69 Å². The molecule has 1 aliphatic heterocycles. The van der Waals surface area contributed by atoms with Crippen molar-refractivity contribution in [3.63, 3.8) is 0 Å². The molecule has 5 nitrogen and oxygen atoms in total. The molecule has 0 spiro atoms. The van der Waals surface area contributed by atoms with E-state index in [0.717, 1.165) is 28.8 Å². The summed E-state index contributed by atoms with van der Waals surface area (Å²) in [6, 6.07) is 15.6. The number of imidazole rings is 1. The molecule has 1 aromatic heterocycles. The highest BCUT2D eigenvalue weighted by Crippen LogP contribution is 2.36. The Morgan fingerprint density at radius 3 is 2.73 bits per heavy atom. The Bertz CT molecular complexity index is 1070. The van der Waals surface area contributed by atoms with Crippen LogP contribution in [0.5, 0.6) is 5.88 Å². The number of allylic oxidation sites excluding steroid dienone is 1. The molecule has 0 aliphatic carbocycles. The average molecular weight is 345 g/mol. The van der Waals surface area contributed by atoms with E-state index in [1.165, 1.54) is 10.1 Å². The van der Waals surface area contributed by atoms with Gasteiger partial charge in [0.15, 0.2) is 0 Å². The van der Waals surface area contributed by atoms with Gasteiger partial charge >= 0.3 is 5.69 Å². The summed E-state index contributed by atoms with van der Waals surface area (Å²) in [5.74, 6) is -0.0696. The van der Waals surface area contributed by atoms with E-state index < -0.39 is 0 Å². The van der Waals surface area contributed by atoms with Crippen molar-refractivity contribution in [2.75, 3.05) is 0 Å². The average Bonchev–Trinajstić information content (AvgIpc) is 3.19. The minimum Gasteiger partial charge on any atom is -0.493 e. The topological polar surface area (TPSA) is 70.4 Å². The maximum atomic E-state index is 12.3. The van der Waals surface area contributed by atoms with Crippen LogP contribution in [0.2, 0.25) is 0 Å². The highest BCUT2D eigenvalue weighted by atomic mass is 16.3. The van der Waals surface area contributed by atoms with Crippen LogP contribution in [-0.2, 0) is 13.0 Å². The quantitative estimate of drug-likeness (QED) is 0.756. The molecule has 0 saturated carbocycles. The minimum absolute atomic E-state index is 0.0696. The number of aromatic hydroxyl groups is 1. The van der Waals surface area contributed by atoms with Crippen LogP contribution in [-0.4, -0.2) is 20.9 Å². The molecule has 3 aromatic rings. The van der Waals surface area contributed by atoms with Crippen LogP contribution >= 0.6 is 0 Å². The number of rotatable bonds is 4. The second-order valence-electron chi connectivity index (χ2n) is 6.26. The second-order valence-corrected chi connectivity index (χ2v) is 6.26. The summed E-state index contributed by atoms with van der Waals surface area (Å²) in [6.07, 6.45) is 4.45. The molecule has 0 atom stereocenters. The molecule has 0 amide bonds. The highest BCUT2D eigenvalue weighted by Gasteiger charge is 2.17. The molecule has 26 heavy (non-hydrogen) atoms. The van der Waals surface area contributed by atoms with Gasteiger partial charge in [-0.15, -0.1) is 0 Å². The van der Waals surface area contributed by atoms with Gasteiger partial charge in [-0.05, 0) is 23.6 Å². The van der Waals surface area contributed by atoms with E-state index in [-0.39, 0.29) is 11.6 Å². The zero-order valence-corrected chi connectivity index (χ0v) is 14.4. The van der Waals surface area contributed by atoms with Crippen molar-refractivity contribution in [3.05, 3.63) is 81.4 Å². The summed E-state index contributed by atoms with van der Waals surface area (Å²) in [4.78, 5) is 19.5. The summed E-state index contributed by atoms with van der Waals surface area (Å²) in [5.41, 5.74) is 5.04. The third kappa shape index (κ3) is 2.77. The molecule has 2 heterocycles. The zero-order chi connectivity index (χ0) is 18.1. The summed E-state index contributed by atoms with van der Waals surface area (Å²) in [6.45, 7) is 2.41. The predicted molar refractivity (Wildman–Crippen MR) is 104 cm³/mol.